The minimum absolute atomic E-state index is 0.0360. The summed E-state index contributed by atoms with van der Waals surface area (Å²) in [7, 11) is 0. The van der Waals surface area contributed by atoms with Crippen LogP contribution in [0.15, 0.2) is 18.3 Å². The van der Waals surface area contributed by atoms with E-state index in [0.717, 1.165) is 0 Å². The van der Waals surface area contributed by atoms with Crippen LogP contribution in [0.1, 0.15) is 58.8 Å². The van der Waals surface area contributed by atoms with Crippen LogP contribution in [0.2, 0.25) is 0 Å². The molecule has 2 aliphatic rings. The van der Waals surface area contributed by atoms with E-state index in [-0.39, 0.29) is 17.9 Å². The van der Waals surface area contributed by atoms with Gasteiger partial charge in [-0.2, -0.15) is 0 Å². The van der Waals surface area contributed by atoms with Gasteiger partial charge in [-0.05, 0) is 57.6 Å². The number of carbonyl (C=O) groups is 2. The van der Waals surface area contributed by atoms with Crippen LogP contribution in [-0.4, -0.2) is 59.5 Å². The lowest BCUT2D eigenvalue weighted by molar-refractivity contribution is -0.121. The summed E-state index contributed by atoms with van der Waals surface area (Å²) < 4.78 is 6.03. The molecular weight excluding hydrogens is 380 g/mol. The quantitative estimate of drug-likeness (QED) is 0.724. The van der Waals surface area contributed by atoms with Crippen LogP contribution < -0.4 is 10.1 Å². The van der Waals surface area contributed by atoms with Gasteiger partial charge in [0, 0.05) is 38.3 Å². The molecule has 1 aliphatic heterocycles. The second kappa shape index (κ2) is 11.2. The summed E-state index contributed by atoms with van der Waals surface area (Å²) in [6.07, 6.45) is 9.33. The molecule has 1 N–H and O–H groups in total. The first-order chi connectivity index (χ1) is 14.6. The molecule has 2 heterocycles. The highest BCUT2D eigenvalue weighted by molar-refractivity contribution is 5.93. The van der Waals surface area contributed by atoms with Crippen LogP contribution in [0.5, 0.6) is 5.75 Å². The van der Waals surface area contributed by atoms with Crippen molar-refractivity contribution >= 4 is 17.8 Å². The van der Waals surface area contributed by atoms with Gasteiger partial charge in [-0.25, -0.2) is 9.78 Å². The van der Waals surface area contributed by atoms with Gasteiger partial charge >= 0.3 is 6.03 Å². The average molecular weight is 417 g/mol. The van der Waals surface area contributed by atoms with Crippen molar-refractivity contribution in [1.29, 1.82) is 0 Å². The van der Waals surface area contributed by atoms with Crippen LogP contribution in [-0.2, 0) is 4.79 Å². The Bertz CT molecular complexity index is 693. The molecule has 7 nitrogen and oxygen atoms in total. The summed E-state index contributed by atoms with van der Waals surface area (Å²) in [4.78, 5) is 33.3. The molecular formula is C23H36N4O3. The number of aromatic nitrogens is 1. The van der Waals surface area contributed by atoms with Gasteiger partial charge in [0.1, 0.15) is 0 Å². The van der Waals surface area contributed by atoms with Crippen molar-refractivity contribution in [1.82, 2.24) is 14.8 Å². The maximum atomic E-state index is 12.8. The maximum Gasteiger partial charge on any atom is 0.319 e. The summed E-state index contributed by atoms with van der Waals surface area (Å²) in [5.74, 6) is 1.59. The number of amides is 3. The van der Waals surface area contributed by atoms with E-state index in [1.807, 2.05) is 35.8 Å². The fraction of sp³-hybridized carbons (Fsp3) is 0.696. The van der Waals surface area contributed by atoms with Gasteiger partial charge in [0.15, 0.2) is 11.6 Å². The Morgan fingerprint density at radius 2 is 1.83 bits per heavy atom. The van der Waals surface area contributed by atoms with E-state index in [9.17, 15) is 9.59 Å². The van der Waals surface area contributed by atoms with Crippen molar-refractivity contribution in [3.63, 3.8) is 0 Å². The van der Waals surface area contributed by atoms with Crippen molar-refractivity contribution in [2.75, 3.05) is 38.1 Å². The molecule has 3 rings (SSSR count). The second-order valence-corrected chi connectivity index (χ2v) is 8.37. The Morgan fingerprint density at radius 3 is 2.50 bits per heavy atom. The summed E-state index contributed by atoms with van der Waals surface area (Å²) in [5.41, 5.74) is 0. The minimum Gasteiger partial charge on any atom is -0.489 e. The molecule has 1 saturated heterocycles. The third-order valence-corrected chi connectivity index (χ3v) is 6.38. The van der Waals surface area contributed by atoms with Gasteiger partial charge < -0.3 is 19.9 Å². The molecule has 0 unspecified atom stereocenters. The fourth-order valence-corrected chi connectivity index (χ4v) is 4.41. The Morgan fingerprint density at radius 1 is 1.13 bits per heavy atom. The predicted molar refractivity (Wildman–Crippen MR) is 118 cm³/mol. The molecule has 0 atom stereocenters. The molecule has 0 spiro atoms. The summed E-state index contributed by atoms with van der Waals surface area (Å²) in [5, 5.41) is 2.97. The van der Waals surface area contributed by atoms with E-state index in [1.165, 1.54) is 32.1 Å². The Kier molecular flexibility index (Phi) is 8.34. The number of ether oxygens (including phenoxy) is 1. The van der Waals surface area contributed by atoms with E-state index >= 15 is 0 Å². The Hall–Kier alpha value is -2.31. The second-order valence-electron chi connectivity index (χ2n) is 8.37. The molecule has 30 heavy (non-hydrogen) atoms. The molecule has 0 bridgehead atoms. The van der Waals surface area contributed by atoms with E-state index in [2.05, 4.69) is 10.3 Å². The minimum atomic E-state index is -0.112. The molecule has 1 aliphatic carbocycles. The SMILES string of the molecule is CCN(CC)C(=O)N1CCC(C(=O)Nc2ncccc2OCC2CCCCC2)CC1. The predicted octanol–water partition coefficient (Wildman–Crippen LogP) is 4.15. The van der Waals surface area contributed by atoms with Crippen molar-refractivity contribution < 1.29 is 14.3 Å². The van der Waals surface area contributed by atoms with Gasteiger partial charge in [-0.15, -0.1) is 0 Å². The van der Waals surface area contributed by atoms with E-state index in [0.29, 0.717) is 63.1 Å². The van der Waals surface area contributed by atoms with Crippen LogP contribution in [0.4, 0.5) is 10.6 Å². The highest BCUT2D eigenvalue weighted by Gasteiger charge is 2.29. The molecule has 0 radical (unpaired) electrons. The topological polar surface area (TPSA) is 74.8 Å². The van der Waals surface area contributed by atoms with E-state index in [4.69, 9.17) is 4.74 Å². The number of hydrogen-bond acceptors (Lipinski definition) is 4. The highest BCUT2D eigenvalue weighted by Crippen LogP contribution is 2.28. The number of piperidine rings is 1. The first kappa shape index (κ1) is 22.4. The number of rotatable bonds is 7. The van der Waals surface area contributed by atoms with Crippen LogP contribution >= 0.6 is 0 Å². The Labute approximate surface area is 180 Å². The first-order valence-electron chi connectivity index (χ1n) is 11.5. The van der Waals surface area contributed by atoms with Crippen molar-refractivity contribution in [3.05, 3.63) is 18.3 Å². The summed E-state index contributed by atoms with van der Waals surface area (Å²) in [6.45, 7) is 7.30. The number of hydrogen-bond donors (Lipinski definition) is 1. The lowest BCUT2D eigenvalue weighted by Gasteiger charge is -2.34. The number of pyridine rings is 1. The molecule has 1 aromatic rings. The maximum absolute atomic E-state index is 12.8. The molecule has 7 heteroatoms. The molecule has 1 saturated carbocycles. The zero-order valence-electron chi connectivity index (χ0n) is 18.4. The molecule has 166 valence electrons. The first-order valence-corrected chi connectivity index (χ1v) is 11.5. The van der Waals surface area contributed by atoms with Gasteiger partial charge in [0.05, 0.1) is 6.61 Å². The fourth-order valence-electron chi connectivity index (χ4n) is 4.41. The number of likely N-dealkylation sites (tertiary alicyclic amines) is 1. The van der Waals surface area contributed by atoms with Gasteiger partial charge in [0.25, 0.3) is 0 Å². The number of carbonyl (C=O) groups excluding carboxylic acids is 2. The largest absolute Gasteiger partial charge is 0.489 e. The normalized spacial score (nSPS) is 18.1. The van der Waals surface area contributed by atoms with Crippen molar-refractivity contribution in [2.24, 2.45) is 11.8 Å². The molecule has 3 amide bonds. The van der Waals surface area contributed by atoms with E-state index in [1.54, 1.807) is 6.20 Å². The standard InChI is InChI=1S/C23H36N4O3/c1-3-26(4-2)23(29)27-15-12-19(13-16-27)22(28)25-21-20(11-8-14-24-21)30-17-18-9-6-5-7-10-18/h8,11,14,18-19H,3-7,9-10,12-13,15-17H2,1-2H3,(H,24,25,28). The Balaban J connectivity index is 1.51. The summed E-state index contributed by atoms with van der Waals surface area (Å²) in [6, 6.07) is 3.78. The molecule has 1 aromatic heterocycles. The van der Waals surface area contributed by atoms with Gasteiger partial charge in [-0.1, -0.05) is 19.3 Å². The molecule has 0 aromatic carbocycles. The van der Waals surface area contributed by atoms with Crippen LogP contribution in [0.3, 0.4) is 0 Å². The van der Waals surface area contributed by atoms with Gasteiger partial charge in [0.2, 0.25) is 5.91 Å². The highest BCUT2D eigenvalue weighted by atomic mass is 16.5. The van der Waals surface area contributed by atoms with Crippen LogP contribution in [0.25, 0.3) is 0 Å². The third kappa shape index (κ3) is 5.86. The lowest BCUT2D eigenvalue weighted by atomic mass is 9.90. The van der Waals surface area contributed by atoms with E-state index < -0.39 is 0 Å². The average Bonchev–Trinajstić information content (AvgIpc) is 2.80. The van der Waals surface area contributed by atoms with Crippen molar-refractivity contribution in [2.45, 2.75) is 58.8 Å². The molecule has 2 fully saturated rings. The van der Waals surface area contributed by atoms with Gasteiger partial charge in [-0.3, -0.25) is 4.79 Å². The van der Waals surface area contributed by atoms with Crippen LogP contribution in [0, 0.1) is 11.8 Å². The number of nitrogens with one attached hydrogen (secondary N) is 1. The lowest BCUT2D eigenvalue weighted by Crippen LogP contribution is -2.47. The zero-order chi connectivity index (χ0) is 21.3. The van der Waals surface area contributed by atoms with Crippen molar-refractivity contribution in [3.8, 4) is 5.75 Å². The number of urea groups is 1. The number of nitrogens with zero attached hydrogens (tertiary/aromatic N) is 3. The number of anilines is 1. The summed E-state index contributed by atoms with van der Waals surface area (Å²) >= 11 is 0. The third-order valence-electron chi connectivity index (χ3n) is 6.38. The smallest absolute Gasteiger partial charge is 0.319 e. The zero-order valence-corrected chi connectivity index (χ0v) is 18.4. The monoisotopic (exact) mass is 416 g/mol.